The van der Waals surface area contributed by atoms with Crippen LogP contribution in [0.25, 0.3) is 0 Å². The zero-order valence-electron chi connectivity index (χ0n) is 16.2. The first-order valence-electron chi connectivity index (χ1n) is 9.20. The summed E-state index contributed by atoms with van der Waals surface area (Å²) in [5.41, 5.74) is 3.34. The van der Waals surface area contributed by atoms with E-state index in [0.29, 0.717) is 13.1 Å². The lowest BCUT2D eigenvalue weighted by Crippen LogP contribution is -2.35. The Kier molecular flexibility index (Phi) is 7.42. The van der Waals surface area contributed by atoms with Crippen molar-refractivity contribution in [2.45, 2.75) is 32.1 Å². The Morgan fingerprint density at radius 1 is 1.04 bits per heavy atom. The number of carbonyl (C=O) groups excluding carboxylic acids is 1. The number of para-hydroxylation sites is 1. The number of nitrogens with one attached hydrogen (secondary N) is 1. The van der Waals surface area contributed by atoms with E-state index in [9.17, 15) is 13.2 Å². The van der Waals surface area contributed by atoms with Crippen molar-refractivity contribution in [3.05, 3.63) is 59.7 Å². The van der Waals surface area contributed by atoms with E-state index in [4.69, 9.17) is 0 Å². The molecule has 27 heavy (non-hydrogen) atoms. The Hall–Kier alpha value is -2.34. The molecule has 2 rings (SSSR count). The molecule has 0 aliphatic rings. The fourth-order valence-electron chi connectivity index (χ4n) is 2.88. The van der Waals surface area contributed by atoms with Crippen LogP contribution in [0.2, 0.25) is 0 Å². The number of aryl methyl sites for hydroxylation is 2. The summed E-state index contributed by atoms with van der Waals surface area (Å²) in [6.45, 7) is 8.03. The number of sulfone groups is 1. The van der Waals surface area contributed by atoms with Crippen molar-refractivity contribution in [1.29, 1.82) is 0 Å². The molecule has 0 aromatic heterocycles. The van der Waals surface area contributed by atoms with Gasteiger partial charge >= 0.3 is 0 Å². The number of anilines is 1. The van der Waals surface area contributed by atoms with E-state index in [-0.39, 0.29) is 23.0 Å². The topological polar surface area (TPSA) is 66.5 Å². The Labute approximate surface area is 162 Å². The molecule has 0 unspecified atom stereocenters. The highest BCUT2D eigenvalue weighted by molar-refractivity contribution is 7.91. The third kappa shape index (κ3) is 6.10. The van der Waals surface area contributed by atoms with Gasteiger partial charge < -0.3 is 10.2 Å². The van der Waals surface area contributed by atoms with Gasteiger partial charge in [-0.25, -0.2) is 8.42 Å². The largest absolute Gasteiger partial charge is 0.370 e. The molecule has 0 aliphatic carbocycles. The predicted molar refractivity (Wildman–Crippen MR) is 110 cm³/mol. The molecule has 5 nitrogen and oxygen atoms in total. The first-order valence-corrected chi connectivity index (χ1v) is 10.9. The molecule has 0 fully saturated rings. The van der Waals surface area contributed by atoms with Gasteiger partial charge in [-0.3, -0.25) is 4.79 Å². The average Bonchev–Trinajstić information content (AvgIpc) is 2.65. The van der Waals surface area contributed by atoms with Gasteiger partial charge in [0.05, 0.1) is 10.6 Å². The highest BCUT2D eigenvalue weighted by atomic mass is 32.2. The van der Waals surface area contributed by atoms with Crippen molar-refractivity contribution >= 4 is 21.4 Å². The van der Waals surface area contributed by atoms with Crippen LogP contribution >= 0.6 is 0 Å². The second-order valence-corrected chi connectivity index (χ2v) is 8.71. The lowest BCUT2D eigenvalue weighted by Gasteiger charge is -2.25. The minimum absolute atomic E-state index is 0.0350. The van der Waals surface area contributed by atoms with E-state index in [0.717, 1.165) is 17.8 Å². The number of likely N-dealkylation sites (N-methyl/N-ethyl adjacent to an activating group) is 1. The van der Waals surface area contributed by atoms with Crippen LogP contribution in [-0.4, -0.2) is 39.7 Å². The number of rotatable bonds is 9. The summed E-state index contributed by atoms with van der Waals surface area (Å²) in [6.07, 6.45) is -0.0350. The van der Waals surface area contributed by atoms with Gasteiger partial charge in [0.2, 0.25) is 5.91 Å². The summed E-state index contributed by atoms with van der Waals surface area (Å²) in [5, 5.41) is 2.82. The fourth-order valence-corrected chi connectivity index (χ4v) is 4.12. The quantitative estimate of drug-likeness (QED) is 0.717. The smallest absolute Gasteiger partial charge is 0.221 e. The lowest BCUT2D eigenvalue weighted by molar-refractivity contribution is -0.120. The van der Waals surface area contributed by atoms with Crippen LogP contribution in [0.1, 0.15) is 24.5 Å². The molecular weight excluding hydrogens is 360 g/mol. The minimum atomic E-state index is -3.44. The van der Waals surface area contributed by atoms with Gasteiger partial charge in [0.25, 0.3) is 0 Å². The highest BCUT2D eigenvalue weighted by Crippen LogP contribution is 2.18. The maximum Gasteiger partial charge on any atom is 0.221 e. The van der Waals surface area contributed by atoms with Crippen LogP contribution in [-0.2, 0) is 14.6 Å². The molecule has 0 heterocycles. The molecule has 2 aromatic carbocycles. The predicted octanol–water partition coefficient (Wildman–Crippen LogP) is 3.11. The van der Waals surface area contributed by atoms with Crippen molar-refractivity contribution < 1.29 is 13.2 Å². The lowest BCUT2D eigenvalue weighted by atomic mass is 10.2. The Morgan fingerprint density at radius 2 is 1.70 bits per heavy atom. The van der Waals surface area contributed by atoms with E-state index in [1.54, 1.807) is 24.3 Å². The molecule has 1 N–H and O–H groups in total. The molecule has 0 radical (unpaired) electrons. The summed E-state index contributed by atoms with van der Waals surface area (Å²) in [4.78, 5) is 14.5. The molecule has 6 heteroatoms. The second-order valence-electron chi connectivity index (χ2n) is 6.60. The normalized spacial score (nSPS) is 11.2. The van der Waals surface area contributed by atoms with E-state index < -0.39 is 9.84 Å². The van der Waals surface area contributed by atoms with Gasteiger partial charge in [0.1, 0.15) is 0 Å². The zero-order chi connectivity index (χ0) is 19.9. The molecule has 0 aliphatic heterocycles. The second kappa shape index (κ2) is 9.55. The maximum atomic E-state index is 12.3. The molecular formula is C21H28N2O3S. The van der Waals surface area contributed by atoms with Crippen LogP contribution < -0.4 is 10.2 Å². The Bertz CT molecular complexity index is 861. The van der Waals surface area contributed by atoms with Gasteiger partial charge in [0.15, 0.2) is 9.84 Å². The third-order valence-electron chi connectivity index (χ3n) is 4.52. The van der Waals surface area contributed by atoms with E-state index in [2.05, 4.69) is 36.2 Å². The molecule has 0 saturated carbocycles. The van der Waals surface area contributed by atoms with Crippen LogP contribution in [0.15, 0.2) is 53.4 Å². The first kappa shape index (κ1) is 21.0. The van der Waals surface area contributed by atoms with Crippen molar-refractivity contribution in [3.8, 4) is 0 Å². The summed E-state index contributed by atoms with van der Waals surface area (Å²) >= 11 is 0. The SMILES string of the molecule is CCN(CCNC(=O)CCS(=O)(=O)c1ccc(C)cc1)c1ccccc1C. The summed E-state index contributed by atoms with van der Waals surface area (Å²) < 4.78 is 24.6. The third-order valence-corrected chi connectivity index (χ3v) is 6.25. The van der Waals surface area contributed by atoms with Crippen molar-refractivity contribution in [2.75, 3.05) is 30.3 Å². The number of carbonyl (C=O) groups is 1. The van der Waals surface area contributed by atoms with Gasteiger partial charge in [0, 0.05) is 31.7 Å². The number of nitrogens with zero attached hydrogens (tertiary/aromatic N) is 1. The summed E-state index contributed by atoms with van der Waals surface area (Å²) in [5.74, 6) is -0.427. The summed E-state index contributed by atoms with van der Waals surface area (Å²) in [7, 11) is -3.44. The van der Waals surface area contributed by atoms with Crippen LogP contribution in [0.4, 0.5) is 5.69 Å². The maximum absolute atomic E-state index is 12.3. The Balaban J connectivity index is 1.82. The summed E-state index contributed by atoms with van der Waals surface area (Å²) in [6, 6.07) is 14.8. The highest BCUT2D eigenvalue weighted by Gasteiger charge is 2.16. The average molecular weight is 389 g/mol. The number of benzene rings is 2. The minimum Gasteiger partial charge on any atom is -0.370 e. The van der Waals surface area contributed by atoms with Crippen LogP contribution in [0.5, 0.6) is 0 Å². The molecule has 1 amide bonds. The number of hydrogen-bond donors (Lipinski definition) is 1. The molecule has 146 valence electrons. The monoisotopic (exact) mass is 388 g/mol. The van der Waals surface area contributed by atoms with Crippen LogP contribution in [0.3, 0.4) is 0 Å². The van der Waals surface area contributed by atoms with E-state index in [1.807, 2.05) is 19.1 Å². The van der Waals surface area contributed by atoms with E-state index in [1.165, 1.54) is 5.56 Å². The van der Waals surface area contributed by atoms with Gasteiger partial charge in [-0.2, -0.15) is 0 Å². The van der Waals surface area contributed by atoms with Crippen molar-refractivity contribution in [3.63, 3.8) is 0 Å². The molecule has 0 bridgehead atoms. The van der Waals surface area contributed by atoms with Gasteiger partial charge in [-0.1, -0.05) is 35.9 Å². The van der Waals surface area contributed by atoms with Gasteiger partial charge in [-0.05, 0) is 44.5 Å². The number of amides is 1. The van der Waals surface area contributed by atoms with Crippen molar-refractivity contribution in [1.82, 2.24) is 5.32 Å². The van der Waals surface area contributed by atoms with Crippen LogP contribution in [0, 0.1) is 13.8 Å². The standard InChI is InChI=1S/C21H28N2O3S/c1-4-23(20-8-6-5-7-18(20)3)15-14-22-21(24)13-16-27(25,26)19-11-9-17(2)10-12-19/h5-12H,4,13-16H2,1-3H3,(H,22,24). The number of hydrogen-bond acceptors (Lipinski definition) is 4. The van der Waals surface area contributed by atoms with E-state index >= 15 is 0 Å². The molecule has 0 spiro atoms. The molecule has 2 aromatic rings. The first-order chi connectivity index (χ1) is 12.8. The molecule has 0 saturated heterocycles. The molecule has 0 atom stereocenters. The van der Waals surface area contributed by atoms with Gasteiger partial charge in [-0.15, -0.1) is 0 Å². The van der Waals surface area contributed by atoms with Crippen molar-refractivity contribution in [2.24, 2.45) is 0 Å². The zero-order valence-corrected chi connectivity index (χ0v) is 17.1. The fraction of sp³-hybridized carbons (Fsp3) is 0.381. The Morgan fingerprint density at radius 3 is 2.33 bits per heavy atom.